The molecule has 0 aromatic heterocycles. The Bertz CT molecular complexity index is 130. The molecule has 1 N–H and O–H groups in total. The molecular formula is C10H20O3. The van der Waals surface area contributed by atoms with Gasteiger partial charge in [-0.1, -0.05) is 0 Å². The zero-order chi connectivity index (χ0) is 9.68. The van der Waals surface area contributed by atoms with Crippen molar-refractivity contribution in [3.63, 3.8) is 0 Å². The van der Waals surface area contributed by atoms with E-state index in [4.69, 9.17) is 9.47 Å². The fourth-order valence-corrected chi connectivity index (χ4v) is 1.51. The number of aliphatic hydroxyl groups is 1. The van der Waals surface area contributed by atoms with Crippen LogP contribution >= 0.6 is 0 Å². The largest absolute Gasteiger partial charge is 0.391 e. The van der Waals surface area contributed by atoms with E-state index in [0.717, 1.165) is 19.4 Å². The third-order valence-electron chi connectivity index (χ3n) is 2.18. The average Bonchev–Trinajstić information content (AvgIpc) is 2.53. The van der Waals surface area contributed by atoms with Gasteiger partial charge < -0.3 is 14.6 Å². The summed E-state index contributed by atoms with van der Waals surface area (Å²) < 4.78 is 10.7. The predicted molar refractivity (Wildman–Crippen MR) is 50.7 cm³/mol. The quantitative estimate of drug-likeness (QED) is 0.707. The summed E-state index contributed by atoms with van der Waals surface area (Å²) in [5, 5.41) is 9.55. The Morgan fingerprint density at radius 3 is 2.85 bits per heavy atom. The smallest absolute Gasteiger partial charge is 0.0798 e. The maximum Gasteiger partial charge on any atom is 0.0798 e. The molecule has 3 nitrogen and oxygen atoms in total. The van der Waals surface area contributed by atoms with Gasteiger partial charge in [0.2, 0.25) is 0 Å². The van der Waals surface area contributed by atoms with E-state index in [0.29, 0.717) is 13.0 Å². The van der Waals surface area contributed by atoms with Crippen molar-refractivity contribution in [1.82, 2.24) is 0 Å². The highest BCUT2D eigenvalue weighted by molar-refractivity contribution is 4.69. The fraction of sp³-hybridized carbons (Fsp3) is 1.00. The van der Waals surface area contributed by atoms with Crippen LogP contribution in [0.4, 0.5) is 0 Å². The lowest BCUT2D eigenvalue weighted by Gasteiger charge is -2.16. The normalized spacial score (nSPS) is 25.4. The maximum absolute atomic E-state index is 9.55. The average molecular weight is 188 g/mol. The number of aliphatic hydroxyl groups excluding tert-OH is 1. The Morgan fingerprint density at radius 1 is 1.54 bits per heavy atom. The van der Waals surface area contributed by atoms with Crippen LogP contribution in [0.2, 0.25) is 0 Å². The molecule has 0 aromatic rings. The van der Waals surface area contributed by atoms with Crippen LogP contribution in [0.5, 0.6) is 0 Å². The molecule has 1 heterocycles. The second-order valence-electron chi connectivity index (χ2n) is 3.91. The highest BCUT2D eigenvalue weighted by Gasteiger charge is 2.19. The minimum absolute atomic E-state index is 0.194. The Labute approximate surface area is 80.0 Å². The van der Waals surface area contributed by atoms with E-state index >= 15 is 0 Å². The fourth-order valence-electron chi connectivity index (χ4n) is 1.51. The molecule has 0 bridgehead atoms. The number of hydrogen-bond donors (Lipinski definition) is 1. The molecular weight excluding hydrogens is 168 g/mol. The molecule has 0 aliphatic carbocycles. The lowest BCUT2D eigenvalue weighted by Crippen LogP contribution is -2.23. The van der Waals surface area contributed by atoms with Gasteiger partial charge in [0.1, 0.15) is 0 Å². The van der Waals surface area contributed by atoms with Gasteiger partial charge in [-0.3, -0.25) is 0 Å². The van der Waals surface area contributed by atoms with Gasteiger partial charge in [0.25, 0.3) is 0 Å². The van der Waals surface area contributed by atoms with Gasteiger partial charge in [-0.15, -0.1) is 0 Å². The molecule has 1 saturated heterocycles. The Morgan fingerprint density at radius 2 is 2.31 bits per heavy atom. The van der Waals surface area contributed by atoms with Crippen LogP contribution in [0, 0.1) is 0 Å². The summed E-state index contributed by atoms with van der Waals surface area (Å²) in [6, 6.07) is 0. The molecule has 0 amide bonds. The van der Waals surface area contributed by atoms with E-state index < -0.39 is 0 Å². The number of rotatable bonds is 5. The Hall–Kier alpha value is -0.120. The highest BCUT2D eigenvalue weighted by Crippen LogP contribution is 2.17. The van der Waals surface area contributed by atoms with Crippen molar-refractivity contribution in [2.24, 2.45) is 0 Å². The molecule has 78 valence electrons. The molecule has 1 fully saturated rings. The van der Waals surface area contributed by atoms with E-state index in [9.17, 15) is 5.11 Å². The van der Waals surface area contributed by atoms with Crippen LogP contribution in [-0.4, -0.2) is 36.6 Å². The zero-order valence-corrected chi connectivity index (χ0v) is 8.53. The van der Waals surface area contributed by atoms with Gasteiger partial charge in [0.15, 0.2) is 0 Å². The van der Waals surface area contributed by atoms with Gasteiger partial charge in [0, 0.05) is 13.0 Å². The van der Waals surface area contributed by atoms with Crippen molar-refractivity contribution >= 4 is 0 Å². The lowest BCUT2D eigenvalue weighted by atomic mass is 10.1. The highest BCUT2D eigenvalue weighted by atomic mass is 16.5. The van der Waals surface area contributed by atoms with Crippen LogP contribution in [0.25, 0.3) is 0 Å². The molecule has 0 aromatic carbocycles. The van der Waals surface area contributed by atoms with E-state index in [-0.39, 0.29) is 18.3 Å². The third kappa shape index (κ3) is 4.60. The molecule has 13 heavy (non-hydrogen) atoms. The summed E-state index contributed by atoms with van der Waals surface area (Å²) in [7, 11) is 0. The standard InChI is InChI=1S/C10H20O3/c1-8(2)13-7-9(11)6-10-4-3-5-12-10/h8-11H,3-7H2,1-2H3. The Balaban J connectivity index is 2.05. The molecule has 0 spiro atoms. The molecule has 0 radical (unpaired) electrons. The van der Waals surface area contributed by atoms with Crippen LogP contribution in [0.1, 0.15) is 33.1 Å². The summed E-state index contributed by atoms with van der Waals surface area (Å²) in [5.41, 5.74) is 0. The summed E-state index contributed by atoms with van der Waals surface area (Å²) in [5.74, 6) is 0. The van der Waals surface area contributed by atoms with Gasteiger partial charge in [-0.25, -0.2) is 0 Å². The second kappa shape index (κ2) is 5.58. The molecule has 2 unspecified atom stereocenters. The molecule has 1 aliphatic heterocycles. The third-order valence-corrected chi connectivity index (χ3v) is 2.18. The van der Waals surface area contributed by atoms with E-state index in [1.165, 1.54) is 0 Å². The van der Waals surface area contributed by atoms with Crippen molar-refractivity contribution in [2.45, 2.75) is 51.4 Å². The minimum Gasteiger partial charge on any atom is -0.391 e. The van der Waals surface area contributed by atoms with Gasteiger partial charge >= 0.3 is 0 Å². The molecule has 0 saturated carbocycles. The van der Waals surface area contributed by atoms with Crippen molar-refractivity contribution in [1.29, 1.82) is 0 Å². The second-order valence-corrected chi connectivity index (χ2v) is 3.91. The maximum atomic E-state index is 9.55. The number of hydrogen-bond acceptors (Lipinski definition) is 3. The SMILES string of the molecule is CC(C)OCC(O)CC1CCCO1. The van der Waals surface area contributed by atoms with Crippen molar-refractivity contribution in [3.05, 3.63) is 0 Å². The first-order valence-corrected chi connectivity index (χ1v) is 5.09. The van der Waals surface area contributed by atoms with Crippen molar-refractivity contribution in [2.75, 3.05) is 13.2 Å². The predicted octanol–water partition coefficient (Wildman–Crippen LogP) is 1.34. The first-order chi connectivity index (χ1) is 6.18. The zero-order valence-electron chi connectivity index (χ0n) is 8.53. The summed E-state index contributed by atoms with van der Waals surface area (Å²) >= 11 is 0. The summed E-state index contributed by atoms with van der Waals surface area (Å²) in [6.07, 6.45) is 3.00. The minimum atomic E-state index is -0.370. The van der Waals surface area contributed by atoms with Crippen molar-refractivity contribution in [3.8, 4) is 0 Å². The van der Waals surface area contributed by atoms with Crippen LogP contribution in [0.15, 0.2) is 0 Å². The van der Waals surface area contributed by atoms with Gasteiger partial charge in [-0.2, -0.15) is 0 Å². The topological polar surface area (TPSA) is 38.7 Å². The first-order valence-electron chi connectivity index (χ1n) is 5.09. The molecule has 3 heteroatoms. The van der Waals surface area contributed by atoms with Crippen LogP contribution in [0.3, 0.4) is 0 Å². The van der Waals surface area contributed by atoms with E-state index in [2.05, 4.69) is 0 Å². The summed E-state index contributed by atoms with van der Waals surface area (Å²) in [6.45, 7) is 5.22. The van der Waals surface area contributed by atoms with E-state index in [1.807, 2.05) is 13.8 Å². The van der Waals surface area contributed by atoms with Gasteiger partial charge in [-0.05, 0) is 26.7 Å². The lowest BCUT2D eigenvalue weighted by molar-refractivity contribution is -0.0198. The van der Waals surface area contributed by atoms with Gasteiger partial charge in [0.05, 0.1) is 24.9 Å². The van der Waals surface area contributed by atoms with E-state index in [1.54, 1.807) is 0 Å². The summed E-state index contributed by atoms with van der Waals surface area (Å²) in [4.78, 5) is 0. The number of ether oxygens (including phenoxy) is 2. The molecule has 2 atom stereocenters. The van der Waals surface area contributed by atoms with Crippen molar-refractivity contribution < 1.29 is 14.6 Å². The van der Waals surface area contributed by atoms with Crippen LogP contribution in [-0.2, 0) is 9.47 Å². The molecule has 1 aliphatic rings. The monoisotopic (exact) mass is 188 g/mol. The van der Waals surface area contributed by atoms with Crippen LogP contribution < -0.4 is 0 Å². The molecule has 1 rings (SSSR count). The first kappa shape index (κ1) is 11.0. The Kier molecular flexibility index (Phi) is 4.70.